The van der Waals surface area contributed by atoms with Crippen molar-refractivity contribution in [1.29, 1.82) is 0 Å². The van der Waals surface area contributed by atoms with Crippen LogP contribution in [0.5, 0.6) is 0 Å². The van der Waals surface area contributed by atoms with Crippen LogP contribution in [0, 0.1) is 17.3 Å². The molecule has 4 nitrogen and oxygen atoms in total. The third-order valence-corrected chi connectivity index (χ3v) is 3.70. The first kappa shape index (κ1) is 19.9. The maximum absolute atomic E-state index is 11.8. The first-order valence-electron chi connectivity index (χ1n) is 8.01. The van der Waals surface area contributed by atoms with Gasteiger partial charge in [-0.05, 0) is 17.3 Å². The summed E-state index contributed by atoms with van der Waals surface area (Å²) in [4.78, 5) is 23.6. The van der Waals surface area contributed by atoms with Crippen molar-refractivity contribution in [3.8, 4) is 0 Å². The van der Waals surface area contributed by atoms with Gasteiger partial charge >= 0.3 is 11.9 Å². The van der Waals surface area contributed by atoms with Gasteiger partial charge in [0.15, 0.2) is 0 Å². The first-order valence-corrected chi connectivity index (χ1v) is 8.01. The maximum atomic E-state index is 11.8. The van der Waals surface area contributed by atoms with Crippen molar-refractivity contribution in [2.45, 2.75) is 67.2 Å². The van der Waals surface area contributed by atoms with Gasteiger partial charge in [0.25, 0.3) is 0 Å². The molecule has 0 bridgehead atoms. The Morgan fingerprint density at radius 2 is 1.19 bits per heavy atom. The van der Waals surface area contributed by atoms with Crippen molar-refractivity contribution in [2.75, 3.05) is 13.2 Å². The van der Waals surface area contributed by atoms with E-state index >= 15 is 0 Å². The summed E-state index contributed by atoms with van der Waals surface area (Å²) < 4.78 is 10.5. The number of esters is 2. The number of carbonyl (C=O) groups excluding carboxylic acids is 2. The summed E-state index contributed by atoms with van der Waals surface area (Å²) in [5, 5.41) is 0. The highest BCUT2D eigenvalue weighted by Gasteiger charge is 2.27. The van der Waals surface area contributed by atoms with Crippen LogP contribution in [0.4, 0.5) is 0 Å². The first-order chi connectivity index (χ1) is 9.70. The minimum Gasteiger partial charge on any atom is -0.465 e. The van der Waals surface area contributed by atoms with E-state index in [1.54, 1.807) is 0 Å². The Hall–Kier alpha value is -1.06. The topological polar surface area (TPSA) is 52.6 Å². The molecule has 0 saturated carbocycles. The molecule has 0 saturated heterocycles. The average molecular weight is 300 g/mol. The van der Waals surface area contributed by atoms with Crippen LogP contribution in [0.25, 0.3) is 0 Å². The monoisotopic (exact) mass is 300 g/mol. The highest BCUT2D eigenvalue weighted by atomic mass is 16.5. The summed E-state index contributed by atoms with van der Waals surface area (Å²) in [5.74, 6) is 0.264. The molecule has 0 radical (unpaired) electrons. The Morgan fingerprint density at radius 1 is 0.857 bits per heavy atom. The number of hydrogen-bond acceptors (Lipinski definition) is 4. The maximum Gasteiger partial charge on any atom is 0.306 e. The van der Waals surface area contributed by atoms with Gasteiger partial charge in [0.1, 0.15) is 0 Å². The van der Waals surface area contributed by atoms with E-state index in [2.05, 4.69) is 13.8 Å². The fourth-order valence-corrected chi connectivity index (χ4v) is 1.65. The van der Waals surface area contributed by atoms with E-state index in [1.807, 2.05) is 27.7 Å². The Morgan fingerprint density at radius 3 is 1.48 bits per heavy atom. The lowest BCUT2D eigenvalue weighted by atomic mass is 9.86. The van der Waals surface area contributed by atoms with Crippen LogP contribution in [0.3, 0.4) is 0 Å². The normalized spacial score (nSPS) is 14.4. The van der Waals surface area contributed by atoms with Gasteiger partial charge in [0, 0.05) is 0 Å². The number of hydrogen-bond donors (Lipinski definition) is 0. The van der Waals surface area contributed by atoms with Crippen molar-refractivity contribution >= 4 is 11.9 Å². The predicted molar refractivity (Wildman–Crippen MR) is 83.8 cm³/mol. The third kappa shape index (κ3) is 10.3. The van der Waals surface area contributed by atoms with Gasteiger partial charge in [-0.1, -0.05) is 54.4 Å². The molecule has 0 aliphatic carbocycles. The number of ether oxygens (including phenoxy) is 2. The molecule has 0 aromatic rings. The molecular formula is C17H32O4. The van der Waals surface area contributed by atoms with Gasteiger partial charge in [-0.15, -0.1) is 0 Å². The highest BCUT2D eigenvalue weighted by Crippen LogP contribution is 2.26. The molecule has 21 heavy (non-hydrogen) atoms. The second-order valence-electron chi connectivity index (χ2n) is 6.91. The molecule has 0 aliphatic rings. The molecule has 0 aliphatic heterocycles. The van der Waals surface area contributed by atoms with E-state index in [-0.39, 0.29) is 24.8 Å². The number of carbonyl (C=O) groups is 2. The van der Waals surface area contributed by atoms with Gasteiger partial charge < -0.3 is 9.47 Å². The van der Waals surface area contributed by atoms with Crippen molar-refractivity contribution in [3.05, 3.63) is 0 Å². The van der Waals surface area contributed by atoms with Gasteiger partial charge in [-0.25, -0.2) is 0 Å². The van der Waals surface area contributed by atoms with Gasteiger partial charge in [0.05, 0.1) is 26.1 Å². The molecule has 0 fully saturated rings. The molecule has 0 N–H and O–H groups in total. The largest absolute Gasteiger partial charge is 0.465 e. The lowest BCUT2D eigenvalue weighted by Crippen LogP contribution is -2.25. The quantitative estimate of drug-likeness (QED) is 0.573. The second-order valence-corrected chi connectivity index (χ2v) is 6.91. The minimum absolute atomic E-state index is 0.238. The van der Waals surface area contributed by atoms with Crippen molar-refractivity contribution < 1.29 is 19.1 Å². The van der Waals surface area contributed by atoms with Gasteiger partial charge in [-0.3, -0.25) is 9.59 Å². The Labute approximate surface area is 129 Å². The molecule has 0 heterocycles. The zero-order valence-electron chi connectivity index (χ0n) is 14.5. The lowest BCUT2D eigenvalue weighted by molar-refractivity contribution is -0.151. The molecule has 2 unspecified atom stereocenters. The van der Waals surface area contributed by atoms with E-state index in [9.17, 15) is 9.59 Å². The van der Waals surface area contributed by atoms with Crippen LogP contribution in [-0.2, 0) is 19.1 Å². The molecule has 124 valence electrons. The fraction of sp³-hybridized carbons (Fsp3) is 0.882. The van der Waals surface area contributed by atoms with Crippen LogP contribution >= 0.6 is 0 Å². The smallest absolute Gasteiger partial charge is 0.306 e. The third-order valence-electron chi connectivity index (χ3n) is 3.70. The van der Waals surface area contributed by atoms with Crippen LogP contribution in [0.1, 0.15) is 67.2 Å². The summed E-state index contributed by atoms with van der Waals surface area (Å²) in [5.41, 5.74) is -0.431. The van der Waals surface area contributed by atoms with E-state index in [0.29, 0.717) is 25.0 Å². The zero-order chi connectivity index (χ0) is 16.5. The van der Waals surface area contributed by atoms with Crippen LogP contribution in [-0.4, -0.2) is 25.2 Å². The predicted octanol–water partition coefficient (Wildman–Crippen LogP) is 3.97. The zero-order valence-corrected chi connectivity index (χ0v) is 14.5. The highest BCUT2D eigenvalue weighted by molar-refractivity contribution is 5.74. The average Bonchev–Trinajstić information content (AvgIpc) is 2.40. The van der Waals surface area contributed by atoms with Crippen molar-refractivity contribution in [3.63, 3.8) is 0 Å². The summed E-state index contributed by atoms with van der Waals surface area (Å²) in [6.45, 7) is 12.9. The Balaban J connectivity index is 4.11. The van der Waals surface area contributed by atoms with E-state index < -0.39 is 5.41 Å². The van der Waals surface area contributed by atoms with E-state index in [4.69, 9.17) is 9.47 Å². The summed E-state index contributed by atoms with van der Waals surface area (Å²) in [6.07, 6.45) is 2.45. The van der Waals surface area contributed by atoms with Gasteiger partial charge in [0.2, 0.25) is 0 Å². The summed E-state index contributed by atoms with van der Waals surface area (Å²) in [6, 6.07) is 0. The minimum atomic E-state index is -0.431. The molecule has 0 spiro atoms. The second kappa shape index (κ2) is 9.80. The Bertz CT molecular complexity index is 293. The lowest BCUT2D eigenvalue weighted by Gasteiger charge is -2.23. The van der Waals surface area contributed by atoms with Crippen LogP contribution in [0.2, 0.25) is 0 Å². The van der Waals surface area contributed by atoms with Crippen LogP contribution in [0.15, 0.2) is 0 Å². The number of rotatable bonds is 10. The summed E-state index contributed by atoms with van der Waals surface area (Å²) in [7, 11) is 0. The van der Waals surface area contributed by atoms with E-state index in [0.717, 1.165) is 12.8 Å². The van der Waals surface area contributed by atoms with Crippen LogP contribution < -0.4 is 0 Å². The standard InChI is InChI=1S/C17H32O4/c1-7-13(3)11-20-15(18)9-17(5,6)10-16(19)21-12-14(4)8-2/h13-14H,7-12H2,1-6H3. The molecular weight excluding hydrogens is 268 g/mol. The summed E-state index contributed by atoms with van der Waals surface area (Å²) >= 11 is 0. The molecule has 2 atom stereocenters. The molecule has 0 aromatic heterocycles. The SMILES string of the molecule is CCC(C)COC(=O)CC(C)(C)CC(=O)OCC(C)CC. The van der Waals surface area contributed by atoms with Crippen molar-refractivity contribution in [2.24, 2.45) is 17.3 Å². The van der Waals surface area contributed by atoms with Crippen molar-refractivity contribution in [1.82, 2.24) is 0 Å². The molecule has 0 rings (SSSR count). The fourth-order valence-electron chi connectivity index (χ4n) is 1.65. The van der Waals surface area contributed by atoms with Gasteiger partial charge in [-0.2, -0.15) is 0 Å². The van der Waals surface area contributed by atoms with E-state index in [1.165, 1.54) is 0 Å². The Kier molecular flexibility index (Phi) is 9.31. The molecule has 0 amide bonds. The molecule has 4 heteroatoms. The molecule has 0 aromatic carbocycles.